The van der Waals surface area contributed by atoms with Gasteiger partial charge in [0.05, 0.1) is 0 Å². The zero-order valence-corrected chi connectivity index (χ0v) is 9.91. The van der Waals surface area contributed by atoms with Gasteiger partial charge in [0.1, 0.15) is 12.4 Å². The van der Waals surface area contributed by atoms with E-state index in [1.54, 1.807) is 18.2 Å². The summed E-state index contributed by atoms with van der Waals surface area (Å²) in [5, 5.41) is 0. The first-order chi connectivity index (χ1) is 8.63. The van der Waals surface area contributed by atoms with Crippen molar-refractivity contribution in [2.45, 2.75) is 25.3 Å². The fourth-order valence-corrected chi connectivity index (χ4v) is 1.57. The van der Waals surface area contributed by atoms with Gasteiger partial charge in [0.2, 0.25) is 0 Å². The molecule has 102 valence electrons. The predicted molar refractivity (Wildman–Crippen MR) is 62.7 cm³/mol. The molecule has 0 heterocycles. The van der Waals surface area contributed by atoms with Gasteiger partial charge in [0.25, 0.3) is 6.43 Å². The highest BCUT2D eigenvalue weighted by Gasteiger charge is 2.11. The molecule has 3 N–H and O–H groups in total. The van der Waals surface area contributed by atoms with Crippen LogP contribution in [0.1, 0.15) is 12.0 Å². The van der Waals surface area contributed by atoms with E-state index in [-0.39, 0.29) is 18.5 Å². The predicted octanol–water partition coefficient (Wildman–Crippen LogP) is 1.87. The highest BCUT2D eigenvalue weighted by Crippen LogP contribution is 2.10. The van der Waals surface area contributed by atoms with Gasteiger partial charge in [0, 0.05) is 12.6 Å². The normalized spacial score (nSPS) is 12.9. The fraction of sp³-hybridized carbons (Fsp3) is 0.500. The number of ether oxygens (including phenoxy) is 1. The third-order valence-electron chi connectivity index (χ3n) is 2.51. The van der Waals surface area contributed by atoms with Gasteiger partial charge >= 0.3 is 0 Å². The van der Waals surface area contributed by atoms with Gasteiger partial charge in [-0.2, -0.15) is 0 Å². The summed E-state index contributed by atoms with van der Waals surface area (Å²) in [5.74, 6) is 5.04. The molecule has 1 aromatic rings. The lowest BCUT2D eigenvalue weighted by molar-refractivity contribution is 0.0144. The van der Waals surface area contributed by atoms with Crippen LogP contribution in [0.5, 0.6) is 0 Å². The highest BCUT2D eigenvalue weighted by molar-refractivity contribution is 5.18. The van der Waals surface area contributed by atoms with Crippen LogP contribution in [0.3, 0.4) is 0 Å². The van der Waals surface area contributed by atoms with Gasteiger partial charge < -0.3 is 4.74 Å². The molecule has 0 fully saturated rings. The molecule has 1 unspecified atom stereocenters. The zero-order valence-electron chi connectivity index (χ0n) is 9.91. The monoisotopic (exact) mass is 262 g/mol. The number of rotatable bonds is 8. The number of alkyl halides is 2. The van der Waals surface area contributed by atoms with E-state index in [0.29, 0.717) is 18.4 Å². The van der Waals surface area contributed by atoms with Gasteiger partial charge in [0.15, 0.2) is 0 Å². The van der Waals surface area contributed by atoms with Crippen molar-refractivity contribution in [3.8, 4) is 0 Å². The Morgan fingerprint density at radius 3 is 2.61 bits per heavy atom. The summed E-state index contributed by atoms with van der Waals surface area (Å²) < 4.78 is 41.8. The third kappa shape index (κ3) is 5.48. The number of nitrogens with two attached hydrogens (primary N) is 1. The van der Waals surface area contributed by atoms with Crippen molar-refractivity contribution in [3.05, 3.63) is 35.6 Å². The van der Waals surface area contributed by atoms with E-state index in [4.69, 9.17) is 10.6 Å². The van der Waals surface area contributed by atoms with Crippen LogP contribution in [-0.4, -0.2) is 25.7 Å². The molecule has 0 aliphatic rings. The first-order valence-electron chi connectivity index (χ1n) is 5.69. The van der Waals surface area contributed by atoms with Gasteiger partial charge in [-0.05, 0) is 24.5 Å². The van der Waals surface area contributed by atoms with E-state index in [0.717, 1.165) is 0 Å². The van der Waals surface area contributed by atoms with Gasteiger partial charge in [-0.15, -0.1) is 0 Å². The third-order valence-corrected chi connectivity index (χ3v) is 2.51. The molecule has 1 atom stereocenters. The molecule has 6 heteroatoms. The van der Waals surface area contributed by atoms with E-state index in [9.17, 15) is 13.2 Å². The first kappa shape index (κ1) is 14.9. The quantitative estimate of drug-likeness (QED) is 0.427. The lowest BCUT2D eigenvalue weighted by atomic mass is 10.0. The van der Waals surface area contributed by atoms with Crippen LogP contribution in [0.15, 0.2) is 24.3 Å². The molecule has 1 aromatic carbocycles. The molecule has 1 rings (SSSR count). The van der Waals surface area contributed by atoms with Crippen LogP contribution in [0.2, 0.25) is 0 Å². The summed E-state index contributed by atoms with van der Waals surface area (Å²) in [5.41, 5.74) is 3.07. The van der Waals surface area contributed by atoms with E-state index in [1.807, 2.05) is 0 Å². The maximum absolute atomic E-state index is 13.4. The Morgan fingerprint density at radius 1 is 1.28 bits per heavy atom. The molecular weight excluding hydrogens is 245 g/mol. The van der Waals surface area contributed by atoms with Crippen LogP contribution in [0.4, 0.5) is 13.2 Å². The molecule has 0 aliphatic heterocycles. The molecule has 0 aliphatic carbocycles. The van der Waals surface area contributed by atoms with Gasteiger partial charge in [-0.3, -0.25) is 11.3 Å². The minimum absolute atomic E-state index is 0.160. The maximum Gasteiger partial charge on any atom is 0.261 e. The minimum atomic E-state index is -2.47. The largest absolute Gasteiger partial charge is 0.375 e. The number of hydrogen-bond donors (Lipinski definition) is 2. The van der Waals surface area contributed by atoms with Crippen LogP contribution in [0.25, 0.3) is 0 Å². The van der Waals surface area contributed by atoms with E-state index in [1.165, 1.54) is 6.07 Å². The molecule has 0 saturated heterocycles. The average Bonchev–Trinajstić information content (AvgIpc) is 2.35. The Kier molecular flexibility index (Phi) is 6.70. The van der Waals surface area contributed by atoms with E-state index < -0.39 is 13.0 Å². The average molecular weight is 262 g/mol. The lowest BCUT2D eigenvalue weighted by Gasteiger charge is -2.16. The lowest BCUT2D eigenvalue weighted by Crippen LogP contribution is -2.38. The van der Waals surface area contributed by atoms with Gasteiger partial charge in [-0.1, -0.05) is 18.2 Å². The standard InChI is InChI=1S/C12H17F3N2O/c13-11-4-2-1-3-9(11)7-10(17-16)5-6-18-8-12(14)15/h1-4,10,12,17H,5-8,16H2. The number of halogens is 3. The number of hydrazine groups is 1. The Morgan fingerprint density at radius 2 is 2.00 bits per heavy atom. The first-order valence-corrected chi connectivity index (χ1v) is 5.69. The number of hydrogen-bond acceptors (Lipinski definition) is 3. The molecule has 18 heavy (non-hydrogen) atoms. The molecule has 3 nitrogen and oxygen atoms in total. The molecule has 0 aromatic heterocycles. The van der Waals surface area contributed by atoms with Crippen LogP contribution < -0.4 is 11.3 Å². The van der Waals surface area contributed by atoms with Crippen molar-refractivity contribution in [1.82, 2.24) is 5.43 Å². The summed E-state index contributed by atoms with van der Waals surface area (Å²) in [4.78, 5) is 0. The van der Waals surface area contributed by atoms with Crippen molar-refractivity contribution in [3.63, 3.8) is 0 Å². The van der Waals surface area contributed by atoms with Crippen molar-refractivity contribution in [1.29, 1.82) is 0 Å². The van der Waals surface area contributed by atoms with E-state index >= 15 is 0 Å². The molecular formula is C12H17F3N2O. The fourth-order valence-electron chi connectivity index (χ4n) is 1.57. The van der Waals surface area contributed by atoms with Gasteiger partial charge in [-0.25, -0.2) is 13.2 Å². The van der Waals surface area contributed by atoms with Crippen molar-refractivity contribution in [2.24, 2.45) is 5.84 Å². The molecule has 0 saturated carbocycles. The van der Waals surface area contributed by atoms with Crippen LogP contribution in [0, 0.1) is 5.82 Å². The summed E-state index contributed by atoms with van der Waals surface area (Å²) in [7, 11) is 0. The minimum Gasteiger partial charge on any atom is -0.375 e. The maximum atomic E-state index is 13.4. The van der Waals surface area contributed by atoms with Crippen LogP contribution in [-0.2, 0) is 11.2 Å². The Labute approximate surface area is 104 Å². The smallest absolute Gasteiger partial charge is 0.261 e. The molecule has 0 spiro atoms. The molecule has 0 radical (unpaired) electrons. The van der Waals surface area contributed by atoms with Crippen molar-refractivity contribution >= 4 is 0 Å². The number of nitrogens with one attached hydrogen (secondary N) is 1. The van der Waals surface area contributed by atoms with Crippen LogP contribution >= 0.6 is 0 Å². The number of benzene rings is 1. The Bertz CT molecular complexity index is 350. The Balaban J connectivity index is 2.36. The Hall–Kier alpha value is -1.11. The summed E-state index contributed by atoms with van der Waals surface area (Å²) in [6, 6.07) is 6.17. The second kappa shape index (κ2) is 8.07. The second-order valence-electron chi connectivity index (χ2n) is 3.91. The van der Waals surface area contributed by atoms with Crippen molar-refractivity contribution in [2.75, 3.05) is 13.2 Å². The zero-order chi connectivity index (χ0) is 13.4. The summed E-state index contributed by atoms with van der Waals surface area (Å²) in [6.45, 7) is -0.426. The highest BCUT2D eigenvalue weighted by atomic mass is 19.3. The summed E-state index contributed by atoms with van der Waals surface area (Å²) >= 11 is 0. The van der Waals surface area contributed by atoms with Crippen molar-refractivity contribution < 1.29 is 17.9 Å². The second-order valence-corrected chi connectivity index (χ2v) is 3.91. The summed E-state index contributed by atoms with van der Waals surface area (Å²) in [6.07, 6.45) is -1.64. The molecule has 0 amide bonds. The topological polar surface area (TPSA) is 47.3 Å². The van der Waals surface area contributed by atoms with E-state index in [2.05, 4.69) is 5.43 Å². The SMILES string of the molecule is NNC(CCOCC(F)F)Cc1ccccc1F. The molecule has 0 bridgehead atoms.